The molecule has 0 N–H and O–H groups in total. The number of hydrogen-bond donors (Lipinski definition) is 0. The van der Waals surface area contributed by atoms with Gasteiger partial charge in [-0.3, -0.25) is 0 Å². The number of halogens is 2. The summed E-state index contributed by atoms with van der Waals surface area (Å²) >= 11 is 0. The molecular weight excluding hydrogens is 386 g/mol. The standard InChI is InChI=1S/C22H20F2N6/c1-15-6-16(8-19(7-15)29-5-4-28-3-2-25-22(28)13-29)9-21-26-14-30(27-21)20-11-17(23)10-18(24)12-20/h2-3,6-8,10-12,14H,4-5,9,13H2,1H3. The average molecular weight is 406 g/mol. The molecule has 0 spiro atoms. The van der Waals surface area contributed by atoms with Gasteiger partial charge in [-0.1, -0.05) is 6.07 Å². The first-order valence-electron chi connectivity index (χ1n) is 9.76. The van der Waals surface area contributed by atoms with Crippen LogP contribution in [-0.4, -0.2) is 30.9 Å². The lowest BCUT2D eigenvalue weighted by Crippen LogP contribution is -2.33. The predicted octanol–water partition coefficient (Wildman–Crippen LogP) is 3.66. The van der Waals surface area contributed by atoms with E-state index in [1.165, 1.54) is 23.1 Å². The first kappa shape index (κ1) is 18.5. The van der Waals surface area contributed by atoms with Crippen molar-refractivity contribution in [3.05, 3.63) is 89.5 Å². The van der Waals surface area contributed by atoms with Gasteiger partial charge in [0.1, 0.15) is 23.8 Å². The molecule has 0 radical (unpaired) electrons. The molecule has 0 unspecified atom stereocenters. The number of fused-ring (bicyclic) bond motifs is 1. The van der Waals surface area contributed by atoms with Crippen LogP contribution in [0.1, 0.15) is 22.8 Å². The van der Waals surface area contributed by atoms with Crippen molar-refractivity contribution in [1.29, 1.82) is 0 Å². The third kappa shape index (κ3) is 3.68. The molecule has 30 heavy (non-hydrogen) atoms. The van der Waals surface area contributed by atoms with Crippen LogP contribution in [0.2, 0.25) is 0 Å². The molecule has 8 heteroatoms. The molecule has 2 aromatic carbocycles. The Labute approximate surface area is 172 Å². The third-order valence-corrected chi connectivity index (χ3v) is 5.25. The molecule has 6 nitrogen and oxygen atoms in total. The molecule has 2 aromatic heterocycles. The second-order valence-corrected chi connectivity index (χ2v) is 7.55. The number of benzene rings is 2. The van der Waals surface area contributed by atoms with Gasteiger partial charge in [-0.25, -0.2) is 23.4 Å². The molecule has 0 atom stereocenters. The number of aromatic nitrogens is 5. The van der Waals surface area contributed by atoms with E-state index in [0.29, 0.717) is 17.9 Å². The second-order valence-electron chi connectivity index (χ2n) is 7.55. The van der Waals surface area contributed by atoms with Gasteiger partial charge >= 0.3 is 0 Å². The van der Waals surface area contributed by atoms with Crippen LogP contribution >= 0.6 is 0 Å². The maximum atomic E-state index is 13.5. The minimum Gasteiger partial charge on any atom is -0.362 e. The Hall–Kier alpha value is -3.55. The van der Waals surface area contributed by atoms with E-state index < -0.39 is 11.6 Å². The van der Waals surface area contributed by atoms with Crippen LogP contribution in [0.3, 0.4) is 0 Å². The Kier molecular flexibility index (Phi) is 4.54. The molecular formula is C22H20F2N6. The van der Waals surface area contributed by atoms with Gasteiger partial charge in [0.05, 0.1) is 12.2 Å². The first-order chi connectivity index (χ1) is 14.5. The van der Waals surface area contributed by atoms with E-state index in [0.717, 1.165) is 48.3 Å². The van der Waals surface area contributed by atoms with E-state index in [1.54, 1.807) is 0 Å². The number of aryl methyl sites for hydroxylation is 1. The molecule has 4 aromatic rings. The monoisotopic (exact) mass is 406 g/mol. The Morgan fingerprint density at radius 1 is 0.933 bits per heavy atom. The van der Waals surface area contributed by atoms with Crippen LogP contribution in [-0.2, 0) is 19.5 Å². The van der Waals surface area contributed by atoms with Gasteiger partial charge in [0.15, 0.2) is 5.82 Å². The lowest BCUT2D eigenvalue weighted by atomic mass is 10.1. The number of hydrogen-bond acceptors (Lipinski definition) is 4. The van der Waals surface area contributed by atoms with E-state index in [1.807, 2.05) is 12.4 Å². The fraction of sp³-hybridized carbons (Fsp3) is 0.227. The normalized spacial score (nSPS) is 13.5. The zero-order valence-electron chi connectivity index (χ0n) is 16.5. The summed E-state index contributed by atoms with van der Waals surface area (Å²) in [5.74, 6) is 0.359. The van der Waals surface area contributed by atoms with Crippen molar-refractivity contribution in [2.45, 2.75) is 26.4 Å². The molecule has 0 bridgehead atoms. The minimum absolute atomic E-state index is 0.306. The molecule has 0 saturated carbocycles. The summed E-state index contributed by atoms with van der Waals surface area (Å²) in [5, 5.41) is 4.40. The molecule has 0 aliphatic carbocycles. The summed E-state index contributed by atoms with van der Waals surface area (Å²) in [6.45, 7) is 4.67. The van der Waals surface area contributed by atoms with Crippen molar-refractivity contribution >= 4 is 5.69 Å². The van der Waals surface area contributed by atoms with Gasteiger partial charge < -0.3 is 9.47 Å². The van der Waals surface area contributed by atoms with Crippen LogP contribution in [0, 0.1) is 18.6 Å². The highest BCUT2D eigenvalue weighted by Crippen LogP contribution is 2.24. The minimum atomic E-state index is -0.646. The number of nitrogens with zero attached hydrogens (tertiary/aromatic N) is 6. The van der Waals surface area contributed by atoms with Crippen molar-refractivity contribution < 1.29 is 8.78 Å². The van der Waals surface area contributed by atoms with E-state index in [2.05, 4.69) is 49.7 Å². The number of imidazole rings is 1. The van der Waals surface area contributed by atoms with Crippen LogP contribution < -0.4 is 4.90 Å². The highest BCUT2D eigenvalue weighted by atomic mass is 19.1. The summed E-state index contributed by atoms with van der Waals surface area (Å²) in [5.41, 5.74) is 3.69. The fourth-order valence-electron chi connectivity index (χ4n) is 3.88. The van der Waals surface area contributed by atoms with E-state index in [4.69, 9.17) is 0 Å². The number of rotatable bonds is 4. The summed E-state index contributed by atoms with van der Waals surface area (Å²) in [7, 11) is 0. The summed E-state index contributed by atoms with van der Waals surface area (Å²) in [6.07, 6.45) is 5.86. The van der Waals surface area contributed by atoms with Crippen LogP contribution in [0.5, 0.6) is 0 Å². The first-order valence-corrected chi connectivity index (χ1v) is 9.76. The largest absolute Gasteiger partial charge is 0.362 e. The average Bonchev–Trinajstić information content (AvgIpc) is 3.35. The maximum Gasteiger partial charge on any atom is 0.155 e. The van der Waals surface area contributed by atoms with Gasteiger partial charge in [-0.05, 0) is 42.3 Å². The van der Waals surface area contributed by atoms with Crippen molar-refractivity contribution in [2.24, 2.45) is 0 Å². The molecule has 3 heterocycles. The molecule has 1 aliphatic rings. The van der Waals surface area contributed by atoms with Crippen molar-refractivity contribution in [2.75, 3.05) is 11.4 Å². The lowest BCUT2D eigenvalue weighted by Gasteiger charge is -2.30. The Bertz CT molecular complexity index is 1190. The highest BCUT2D eigenvalue weighted by molar-refractivity contribution is 5.52. The Balaban J connectivity index is 1.38. The van der Waals surface area contributed by atoms with Crippen LogP contribution in [0.15, 0.2) is 55.1 Å². The smallest absolute Gasteiger partial charge is 0.155 e. The maximum absolute atomic E-state index is 13.5. The molecule has 1 aliphatic heterocycles. The van der Waals surface area contributed by atoms with Crippen molar-refractivity contribution in [1.82, 2.24) is 24.3 Å². The van der Waals surface area contributed by atoms with Gasteiger partial charge in [-0.15, -0.1) is 0 Å². The summed E-state index contributed by atoms with van der Waals surface area (Å²) in [4.78, 5) is 11.1. The quantitative estimate of drug-likeness (QED) is 0.519. The van der Waals surface area contributed by atoms with E-state index in [-0.39, 0.29) is 0 Å². The predicted molar refractivity (Wildman–Crippen MR) is 109 cm³/mol. The highest BCUT2D eigenvalue weighted by Gasteiger charge is 2.18. The molecule has 0 amide bonds. The molecule has 5 rings (SSSR count). The Morgan fingerprint density at radius 2 is 1.77 bits per heavy atom. The third-order valence-electron chi connectivity index (χ3n) is 5.25. The Morgan fingerprint density at radius 3 is 2.60 bits per heavy atom. The molecule has 0 saturated heterocycles. The van der Waals surface area contributed by atoms with Crippen LogP contribution in [0.4, 0.5) is 14.5 Å². The van der Waals surface area contributed by atoms with Gasteiger partial charge in [-0.2, -0.15) is 5.10 Å². The SMILES string of the molecule is Cc1cc(Cc2ncn(-c3cc(F)cc(F)c3)n2)cc(N2CCn3ccnc3C2)c1. The second kappa shape index (κ2) is 7.37. The van der Waals surface area contributed by atoms with Gasteiger partial charge in [0.2, 0.25) is 0 Å². The molecule has 152 valence electrons. The van der Waals surface area contributed by atoms with E-state index >= 15 is 0 Å². The zero-order valence-corrected chi connectivity index (χ0v) is 16.5. The molecule has 0 fully saturated rings. The van der Waals surface area contributed by atoms with Crippen molar-refractivity contribution in [3.63, 3.8) is 0 Å². The van der Waals surface area contributed by atoms with Crippen LogP contribution in [0.25, 0.3) is 5.69 Å². The fourth-order valence-corrected chi connectivity index (χ4v) is 3.88. The topological polar surface area (TPSA) is 51.8 Å². The van der Waals surface area contributed by atoms with Crippen molar-refractivity contribution in [3.8, 4) is 5.69 Å². The van der Waals surface area contributed by atoms with Gasteiger partial charge in [0, 0.05) is 43.7 Å². The summed E-state index contributed by atoms with van der Waals surface area (Å²) < 4.78 is 30.6. The lowest BCUT2D eigenvalue weighted by molar-refractivity contribution is 0.560. The zero-order chi connectivity index (χ0) is 20.7. The summed E-state index contributed by atoms with van der Waals surface area (Å²) in [6, 6.07) is 9.72. The number of anilines is 1. The van der Waals surface area contributed by atoms with Gasteiger partial charge in [0.25, 0.3) is 0 Å². The van der Waals surface area contributed by atoms with E-state index in [9.17, 15) is 8.78 Å².